The summed E-state index contributed by atoms with van der Waals surface area (Å²) in [6, 6.07) is 4.98. The third kappa shape index (κ3) is 7.78. The molecule has 27 heavy (non-hydrogen) atoms. The largest absolute Gasteiger partial charge is 0.480 e. The molecule has 150 valence electrons. The van der Waals surface area contributed by atoms with Gasteiger partial charge in [0.2, 0.25) is 11.8 Å². The fourth-order valence-electron chi connectivity index (χ4n) is 2.35. The number of aliphatic carboxylic acids is 1. The maximum absolute atomic E-state index is 11.9. The first-order valence-corrected chi connectivity index (χ1v) is 10.3. The summed E-state index contributed by atoms with van der Waals surface area (Å²) in [5.74, 6) is -2.03. The molecule has 0 bridgehead atoms. The van der Waals surface area contributed by atoms with Crippen LogP contribution in [0.2, 0.25) is 0 Å². The molecule has 1 atom stereocenters. The van der Waals surface area contributed by atoms with E-state index in [4.69, 9.17) is 5.11 Å². The first-order valence-electron chi connectivity index (χ1n) is 8.65. The quantitative estimate of drug-likeness (QED) is 0.533. The van der Waals surface area contributed by atoms with Crippen LogP contribution in [0.1, 0.15) is 32.8 Å². The Morgan fingerprint density at radius 2 is 1.67 bits per heavy atom. The normalized spacial score (nSPS) is 12.4. The molecule has 0 radical (unpaired) electrons. The van der Waals surface area contributed by atoms with Gasteiger partial charge in [0.15, 0.2) is 9.84 Å². The van der Waals surface area contributed by atoms with Gasteiger partial charge in [-0.2, -0.15) is 0 Å². The van der Waals surface area contributed by atoms with E-state index in [9.17, 15) is 22.8 Å². The van der Waals surface area contributed by atoms with Gasteiger partial charge >= 0.3 is 5.97 Å². The molecule has 1 aromatic rings. The van der Waals surface area contributed by atoms with Crippen LogP contribution >= 0.6 is 0 Å². The minimum Gasteiger partial charge on any atom is -0.480 e. The minimum absolute atomic E-state index is 0.00388. The minimum atomic E-state index is -3.29. The zero-order valence-electron chi connectivity index (χ0n) is 15.7. The Bertz CT molecular complexity index is 772. The molecule has 9 heteroatoms. The lowest BCUT2D eigenvalue weighted by molar-refractivity contribution is -0.142. The molecular formula is C18H26N2O6S. The second kappa shape index (κ2) is 10.1. The second-order valence-electron chi connectivity index (χ2n) is 6.59. The van der Waals surface area contributed by atoms with Crippen LogP contribution in [0.25, 0.3) is 0 Å². The van der Waals surface area contributed by atoms with Gasteiger partial charge in [-0.05, 0) is 30.0 Å². The monoisotopic (exact) mass is 398 g/mol. The molecule has 0 aliphatic carbocycles. The van der Waals surface area contributed by atoms with Crippen molar-refractivity contribution in [3.63, 3.8) is 0 Å². The fraction of sp³-hybridized carbons (Fsp3) is 0.500. The van der Waals surface area contributed by atoms with Crippen LogP contribution in [0.4, 0.5) is 0 Å². The molecule has 0 aliphatic rings. The summed E-state index contributed by atoms with van der Waals surface area (Å²) in [6.45, 7) is 4.92. The van der Waals surface area contributed by atoms with Crippen LogP contribution in [0.5, 0.6) is 0 Å². The molecule has 1 rings (SSSR count). The maximum atomic E-state index is 11.9. The third-order valence-electron chi connectivity index (χ3n) is 3.81. The molecule has 0 spiro atoms. The van der Waals surface area contributed by atoms with E-state index >= 15 is 0 Å². The lowest BCUT2D eigenvalue weighted by Crippen LogP contribution is -2.46. The lowest BCUT2D eigenvalue weighted by atomic mass is 10.0. The summed E-state index contributed by atoms with van der Waals surface area (Å²) in [6.07, 6.45) is 0.274. The SMILES string of the molecule is CCS(=O)(=O)c1ccc(CC(=O)NCC(=O)N[C@@H](CC(C)C)C(=O)O)cc1. The number of carboxylic acids is 1. The predicted molar refractivity (Wildman–Crippen MR) is 99.9 cm³/mol. The molecule has 0 fully saturated rings. The highest BCUT2D eigenvalue weighted by Gasteiger charge is 2.21. The van der Waals surface area contributed by atoms with Crippen molar-refractivity contribution in [2.45, 2.75) is 44.6 Å². The van der Waals surface area contributed by atoms with E-state index < -0.39 is 33.7 Å². The number of amides is 2. The molecule has 0 unspecified atom stereocenters. The van der Waals surface area contributed by atoms with E-state index in [0.29, 0.717) is 12.0 Å². The molecule has 8 nitrogen and oxygen atoms in total. The second-order valence-corrected chi connectivity index (χ2v) is 8.87. The van der Waals surface area contributed by atoms with E-state index in [0.717, 1.165) is 0 Å². The van der Waals surface area contributed by atoms with Crippen LogP contribution in [0.15, 0.2) is 29.2 Å². The average Bonchev–Trinajstić information content (AvgIpc) is 2.59. The summed E-state index contributed by atoms with van der Waals surface area (Å²) in [5.41, 5.74) is 0.603. The Kier molecular flexibility index (Phi) is 8.42. The van der Waals surface area contributed by atoms with Gasteiger partial charge in [0.25, 0.3) is 0 Å². The van der Waals surface area contributed by atoms with Crippen molar-refractivity contribution in [3.8, 4) is 0 Å². The van der Waals surface area contributed by atoms with E-state index in [1.54, 1.807) is 19.1 Å². The summed E-state index contributed by atoms with van der Waals surface area (Å²) < 4.78 is 23.5. The van der Waals surface area contributed by atoms with Crippen LogP contribution in [0, 0.1) is 5.92 Å². The molecular weight excluding hydrogens is 372 g/mol. The van der Waals surface area contributed by atoms with Gasteiger partial charge in [-0.1, -0.05) is 32.9 Å². The van der Waals surface area contributed by atoms with Gasteiger partial charge in [-0.15, -0.1) is 0 Å². The highest BCUT2D eigenvalue weighted by Crippen LogP contribution is 2.12. The van der Waals surface area contributed by atoms with Crippen molar-refractivity contribution in [1.29, 1.82) is 0 Å². The van der Waals surface area contributed by atoms with Crippen LogP contribution < -0.4 is 10.6 Å². The van der Waals surface area contributed by atoms with Crippen molar-refractivity contribution in [1.82, 2.24) is 10.6 Å². The summed E-state index contributed by atoms with van der Waals surface area (Å²) in [4.78, 5) is 35.1. The molecule has 0 aromatic heterocycles. The van der Waals surface area contributed by atoms with Crippen LogP contribution in [-0.4, -0.2) is 49.6 Å². The van der Waals surface area contributed by atoms with Gasteiger partial charge in [0.05, 0.1) is 23.6 Å². The number of carbonyl (C=O) groups is 3. The zero-order chi connectivity index (χ0) is 20.6. The number of hydrogen-bond acceptors (Lipinski definition) is 5. The van der Waals surface area contributed by atoms with Gasteiger partial charge in [-0.25, -0.2) is 13.2 Å². The Morgan fingerprint density at radius 1 is 1.07 bits per heavy atom. The third-order valence-corrected chi connectivity index (χ3v) is 5.56. The Morgan fingerprint density at radius 3 is 2.15 bits per heavy atom. The summed E-state index contributed by atoms with van der Waals surface area (Å²) >= 11 is 0. The number of hydrogen-bond donors (Lipinski definition) is 3. The number of carbonyl (C=O) groups excluding carboxylic acids is 2. The number of carboxylic acid groups (broad SMARTS) is 1. The highest BCUT2D eigenvalue weighted by molar-refractivity contribution is 7.91. The van der Waals surface area contributed by atoms with Gasteiger partial charge in [0, 0.05) is 0 Å². The molecule has 0 saturated carbocycles. The molecule has 0 heterocycles. The summed E-state index contributed by atoms with van der Waals surface area (Å²) in [5, 5.41) is 13.9. The number of rotatable bonds is 10. The predicted octanol–water partition coefficient (Wildman–Crippen LogP) is 0.754. The van der Waals surface area contributed by atoms with Crippen LogP contribution in [0.3, 0.4) is 0 Å². The zero-order valence-corrected chi connectivity index (χ0v) is 16.5. The molecule has 1 aromatic carbocycles. The lowest BCUT2D eigenvalue weighted by Gasteiger charge is -2.16. The van der Waals surface area contributed by atoms with Gasteiger partial charge in [0.1, 0.15) is 6.04 Å². The van der Waals surface area contributed by atoms with Gasteiger partial charge in [-0.3, -0.25) is 9.59 Å². The number of sulfone groups is 1. The smallest absolute Gasteiger partial charge is 0.326 e. The van der Waals surface area contributed by atoms with Crippen LogP contribution in [-0.2, 0) is 30.6 Å². The Hall–Kier alpha value is -2.42. The molecule has 0 aliphatic heterocycles. The van der Waals surface area contributed by atoms with E-state index in [1.807, 2.05) is 13.8 Å². The standard InChI is InChI=1S/C18H26N2O6S/c1-4-27(25,26)14-7-5-13(6-8-14)10-16(21)19-11-17(22)20-15(18(23)24)9-12(2)3/h5-8,12,15H,4,9-11H2,1-3H3,(H,19,21)(H,20,22)(H,23,24)/t15-/m0/s1. The van der Waals surface area contributed by atoms with Crippen molar-refractivity contribution < 1.29 is 27.9 Å². The molecule has 2 amide bonds. The average molecular weight is 398 g/mol. The van der Waals surface area contributed by atoms with Crippen molar-refractivity contribution in [3.05, 3.63) is 29.8 Å². The van der Waals surface area contributed by atoms with E-state index in [-0.39, 0.29) is 29.5 Å². The first-order chi connectivity index (χ1) is 12.5. The van der Waals surface area contributed by atoms with E-state index in [1.165, 1.54) is 12.1 Å². The van der Waals surface area contributed by atoms with Crippen molar-refractivity contribution >= 4 is 27.6 Å². The maximum Gasteiger partial charge on any atom is 0.326 e. The first kappa shape index (κ1) is 22.6. The number of nitrogens with one attached hydrogen (secondary N) is 2. The van der Waals surface area contributed by atoms with Crippen molar-refractivity contribution in [2.75, 3.05) is 12.3 Å². The topological polar surface area (TPSA) is 130 Å². The Balaban J connectivity index is 2.53. The number of benzene rings is 1. The molecule has 0 saturated heterocycles. The highest BCUT2D eigenvalue weighted by atomic mass is 32.2. The molecule has 3 N–H and O–H groups in total. The van der Waals surface area contributed by atoms with E-state index in [2.05, 4.69) is 10.6 Å². The van der Waals surface area contributed by atoms with Gasteiger partial charge < -0.3 is 15.7 Å². The van der Waals surface area contributed by atoms with Crippen molar-refractivity contribution in [2.24, 2.45) is 5.92 Å². The summed E-state index contributed by atoms with van der Waals surface area (Å²) in [7, 11) is -3.29. The fourth-order valence-corrected chi connectivity index (χ4v) is 3.23. The Labute approximate surface area is 159 Å².